The summed E-state index contributed by atoms with van der Waals surface area (Å²) in [6.07, 6.45) is 19.6. The van der Waals surface area contributed by atoms with E-state index in [4.69, 9.17) is 9.47 Å². The number of carbonyl (C=O) groups excluding carboxylic acids is 2. The first-order valence-corrected chi connectivity index (χ1v) is 17.2. The zero-order chi connectivity index (χ0) is 31.5. The van der Waals surface area contributed by atoms with Crippen molar-refractivity contribution in [3.05, 3.63) is 23.3 Å². The van der Waals surface area contributed by atoms with Gasteiger partial charge in [-0.1, -0.05) is 117 Å². The Labute approximate surface area is 259 Å². The van der Waals surface area contributed by atoms with Crippen LogP contribution in [-0.2, 0) is 14.3 Å². The number of carbonyl (C=O) groups is 2. The molecule has 4 rings (SSSR count). The second kappa shape index (κ2) is 13.7. The van der Waals surface area contributed by atoms with Crippen LogP contribution in [0.15, 0.2) is 23.3 Å². The molecule has 0 saturated heterocycles. The maximum absolute atomic E-state index is 13.1. The molecule has 0 amide bonds. The number of fused-ring (bicyclic) bond motifs is 5. The highest BCUT2D eigenvalue weighted by Crippen LogP contribution is 2.76. The Hall–Kier alpha value is -1.70. The first kappa shape index (κ1) is 34.2. The fourth-order valence-corrected chi connectivity index (χ4v) is 9.05. The lowest BCUT2D eigenvalue weighted by Crippen LogP contribution is -2.61. The van der Waals surface area contributed by atoms with Gasteiger partial charge in [0.15, 0.2) is 5.78 Å². The van der Waals surface area contributed by atoms with Crippen molar-refractivity contribution in [2.24, 2.45) is 29.1 Å². The molecule has 0 heterocycles. The minimum atomic E-state index is -1.79. The van der Waals surface area contributed by atoms with Crippen LogP contribution in [-0.4, -0.2) is 57.3 Å². The van der Waals surface area contributed by atoms with Crippen LogP contribution in [0.2, 0.25) is 0 Å². The van der Waals surface area contributed by atoms with Crippen molar-refractivity contribution in [1.29, 1.82) is 0 Å². The van der Waals surface area contributed by atoms with E-state index >= 15 is 0 Å². The predicted octanol–water partition coefficient (Wildman–Crippen LogP) is 7.21. The van der Waals surface area contributed by atoms with Gasteiger partial charge >= 0.3 is 6.16 Å². The Balaban J connectivity index is 1.26. The quantitative estimate of drug-likeness (QED) is 0.0972. The summed E-state index contributed by atoms with van der Waals surface area (Å²) in [5.74, 6) is -2.32. The molecule has 244 valence electrons. The maximum Gasteiger partial charge on any atom is 0.508 e. The van der Waals surface area contributed by atoms with E-state index in [1.54, 1.807) is 13.0 Å². The predicted molar refractivity (Wildman–Crippen MR) is 167 cm³/mol. The number of aliphatic hydroxyl groups is 3. The Morgan fingerprint density at radius 2 is 1.49 bits per heavy atom. The first-order chi connectivity index (χ1) is 20.4. The highest BCUT2D eigenvalue weighted by atomic mass is 16.7. The van der Waals surface area contributed by atoms with Crippen molar-refractivity contribution in [2.75, 3.05) is 13.2 Å². The van der Waals surface area contributed by atoms with Crippen molar-refractivity contribution in [3.63, 3.8) is 0 Å². The van der Waals surface area contributed by atoms with Gasteiger partial charge in [0, 0.05) is 29.6 Å². The molecular weight excluding hydrogens is 544 g/mol. The summed E-state index contributed by atoms with van der Waals surface area (Å²) in [6, 6.07) is 0. The second-order valence-electron chi connectivity index (χ2n) is 14.8. The van der Waals surface area contributed by atoms with E-state index in [0.29, 0.717) is 24.2 Å². The molecule has 0 radical (unpaired) electrons. The summed E-state index contributed by atoms with van der Waals surface area (Å²) >= 11 is 0. The highest BCUT2D eigenvalue weighted by Gasteiger charge is 2.83. The van der Waals surface area contributed by atoms with Gasteiger partial charge in [0.2, 0.25) is 0 Å². The van der Waals surface area contributed by atoms with Crippen molar-refractivity contribution in [2.45, 2.75) is 148 Å². The standard InChI is InChI=1S/C36H58O7/c1-6-7-8-9-10-11-12-13-14-15-16-17-18-19-42-32(39)43-35-22-26(3)36(41)28(30(35)33(35,4)5)21-27(24-37)23-34(40)29(36)20-25(2)31(34)38/h20-21,26,28-30,37,40-41H,6-19,22-24H2,1-5H3. The topological polar surface area (TPSA) is 113 Å². The summed E-state index contributed by atoms with van der Waals surface area (Å²) < 4.78 is 11.7. The number of hydrogen-bond acceptors (Lipinski definition) is 7. The Kier molecular flexibility index (Phi) is 10.9. The second-order valence-corrected chi connectivity index (χ2v) is 14.8. The van der Waals surface area contributed by atoms with Crippen LogP contribution in [0.3, 0.4) is 0 Å². The van der Waals surface area contributed by atoms with Crippen molar-refractivity contribution < 1.29 is 34.4 Å². The van der Waals surface area contributed by atoms with Gasteiger partial charge < -0.3 is 24.8 Å². The molecule has 7 nitrogen and oxygen atoms in total. The van der Waals surface area contributed by atoms with E-state index in [9.17, 15) is 24.9 Å². The third kappa shape index (κ3) is 6.37. The molecule has 0 aromatic carbocycles. The normalized spacial score (nSPS) is 35.7. The van der Waals surface area contributed by atoms with Gasteiger partial charge in [0.1, 0.15) is 11.2 Å². The van der Waals surface area contributed by atoms with Gasteiger partial charge in [-0.15, -0.1) is 0 Å². The summed E-state index contributed by atoms with van der Waals surface area (Å²) in [5, 5.41) is 34.2. The van der Waals surface area contributed by atoms with Crippen LogP contribution in [0.1, 0.15) is 131 Å². The Bertz CT molecular complexity index is 1060. The van der Waals surface area contributed by atoms with E-state index < -0.39 is 46.0 Å². The third-order valence-electron chi connectivity index (χ3n) is 11.6. The molecule has 0 aromatic rings. The monoisotopic (exact) mass is 602 g/mol. The SMILES string of the molecule is CCCCCCCCCCCCCCCOC(=O)OC12CC(C)C3(O)C(C=C(CO)CC4(O)C(=O)C(C)=CC43)C1C2(C)C. The van der Waals surface area contributed by atoms with Crippen molar-refractivity contribution in [3.8, 4) is 0 Å². The number of unbranched alkanes of at least 4 members (excludes halogenated alkanes) is 12. The Morgan fingerprint density at radius 1 is 0.930 bits per heavy atom. The smallest absolute Gasteiger partial charge is 0.434 e. The molecular formula is C36H58O7. The van der Waals surface area contributed by atoms with E-state index in [2.05, 4.69) is 6.92 Å². The zero-order valence-electron chi connectivity index (χ0n) is 27.5. The van der Waals surface area contributed by atoms with Crippen LogP contribution in [0.4, 0.5) is 4.79 Å². The number of ketones is 1. The molecule has 0 aromatic heterocycles. The molecule has 4 aliphatic carbocycles. The van der Waals surface area contributed by atoms with Crippen molar-refractivity contribution >= 4 is 11.9 Å². The molecule has 0 bridgehead atoms. The van der Waals surface area contributed by atoms with Gasteiger partial charge in [-0.2, -0.15) is 0 Å². The van der Waals surface area contributed by atoms with Gasteiger partial charge in [0.25, 0.3) is 0 Å². The third-order valence-corrected chi connectivity index (χ3v) is 11.6. The van der Waals surface area contributed by atoms with Crippen molar-refractivity contribution in [1.82, 2.24) is 0 Å². The van der Waals surface area contributed by atoms with E-state index in [-0.39, 0.29) is 24.9 Å². The van der Waals surface area contributed by atoms with E-state index in [1.165, 1.54) is 64.2 Å². The molecule has 3 N–H and O–H groups in total. The maximum atomic E-state index is 13.1. The van der Waals surface area contributed by atoms with E-state index in [1.807, 2.05) is 26.8 Å². The fraction of sp³-hybridized carbons (Fsp3) is 0.833. The molecule has 7 atom stereocenters. The van der Waals surface area contributed by atoms with Crippen LogP contribution in [0, 0.1) is 29.1 Å². The average Bonchev–Trinajstić information content (AvgIpc) is 3.36. The fourth-order valence-electron chi connectivity index (χ4n) is 9.05. The summed E-state index contributed by atoms with van der Waals surface area (Å²) in [4.78, 5) is 26.0. The van der Waals surface area contributed by atoms with E-state index in [0.717, 1.165) is 19.3 Å². The molecule has 2 fully saturated rings. The number of ether oxygens (including phenoxy) is 2. The van der Waals surface area contributed by atoms with Crippen LogP contribution < -0.4 is 0 Å². The molecule has 7 unspecified atom stereocenters. The lowest BCUT2D eigenvalue weighted by molar-refractivity contribution is -0.178. The average molecular weight is 603 g/mol. The molecule has 43 heavy (non-hydrogen) atoms. The van der Waals surface area contributed by atoms with Crippen LogP contribution >= 0.6 is 0 Å². The molecule has 0 spiro atoms. The number of aliphatic hydroxyl groups excluding tert-OH is 1. The zero-order valence-corrected chi connectivity index (χ0v) is 27.5. The largest absolute Gasteiger partial charge is 0.508 e. The summed E-state index contributed by atoms with van der Waals surface area (Å²) in [6.45, 7) is 9.93. The summed E-state index contributed by atoms with van der Waals surface area (Å²) in [7, 11) is 0. The lowest BCUT2D eigenvalue weighted by Gasteiger charge is -2.50. The van der Waals surface area contributed by atoms with Crippen LogP contribution in [0.25, 0.3) is 0 Å². The Morgan fingerprint density at radius 3 is 2.05 bits per heavy atom. The van der Waals surface area contributed by atoms with Crippen LogP contribution in [0.5, 0.6) is 0 Å². The molecule has 7 heteroatoms. The van der Waals surface area contributed by atoms with Gasteiger partial charge in [-0.25, -0.2) is 4.79 Å². The molecule has 4 aliphatic rings. The number of Topliss-reactive ketones (excluding diaryl/α,β-unsaturated/α-hetero) is 1. The van der Waals surface area contributed by atoms with Gasteiger partial charge in [-0.3, -0.25) is 4.79 Å². The van der Waals surface area contributed by atoms with Gasteiger partial charge in [-0.05, 0) is 36.8 Å². The molecule has 2 saturated carbocycles. The molecule has 0 aliphatic heterocycles. The minimum absolute atomic E-state index is 0.0193. The lowest BCUT2D eigenvalue weighted by atomic mass is 9.60. The summed E-state index contributed by atoms with van der Waals surface area (Å²) in [5.41, 5.74) is -3.53. The highest BCUT2D eigenvalue weighted by molar-refractivity contribution is 6.04. The number of rotatable bonds is 16. The first-order valence-electron chi connectivity index (χ1n) is 17.2. The van der Waals surface area contributed by atoms with Gasteiger partial charge in [0.05, 0.1) is 18.8 Å². The minimum Gasteiger partial charge on any atom is -0.434 e. The number of hydrogen-bond donors (Lipinski definition) is 3.